The summed E-state index contributed by atoms with van der Waals surface area (Å²) in [6.45, 7) is 0.881. The van der Waals surface area contributed by atoms with Crippen LogP contribution in [0.4, 0.5) is 4.39 Å². The van der Waals surface area contributed by atoms with Crippen LogP contribution in [0, 0.1) is 11.7 Å². The molecule has 2 unspecified atom stereocenters. The summed E-state index contributed by atoms with van der Waals surface area (Å²) >= 11 is 0. The monoisotopic (exact) mass is 237 g/mol. The van der Waals surface area contributed by atoms with Crippen molar-refractivity contribution >= 4 is 5.97 Å². The summed E-state index contributed by atoms with van der Waals surface area (Å²) < 4.78 is 12.9. The third kappa shape index (κ3) is 2.47. The molecular formula is C13H16FNO2. The van der Waals surface area contributed by atoms with E-state index >= 15 is 0 Å². The number of rotatable bonds is 2. The lowest BCUT2D eigenvalue weighted by atomic mass is 9.85. The summed E-state index contributed by atoms with van der Waals surface area (Å²) in [7, 11) is 1.92. The molecule has 1 fully saturated rings. The van der Waals surface area contributed by atoms with Crippen LogP contribution in [-0.2, 0) is 4.79 Å². The molecule has 1 aliphatic rings. The number of carboxylic acid groups (broad SMARTS) is 1. The molecule has 0 amide bonds. The minimum atomic E-state index is -0.772. The Hall–Kier alpha value is -1.42. The van der Waals surface area contributed by atoms with Gasteiger partial charge in [0.05, 0.1) is 5.92 Å². The fourth-order valence-corrected chi connectivity index (χ4v) is 2.57. The molecule has 0 saturated carbocycles. The van der Waals surface area contributed by atoms with E-state index in [4.69, 9.17) is 0 Å². The second-order valence-electron chi connectivity index (χ2n) is 4.56. The Labute approximate surface area is 99.9 Å². The molecule has 0 spiro atoms. The van der Waals surface area contributed by atoms with E-state index in [1.807, 2.05) is 11.9 Å². The molecule has 1 heterocycles. The average Bonchev–Trinajstić information content (AvgIpc) is 2.30. The van der Waals surface area contributed by atoms with Gasteiger partial charge in [0.2, 0.25) is 0 Å². The summed E-state index contributed by atoms with van der Waals surface area (Å²) in [6, 6.07) is 5.98. The van der Waals surface area contributed by atoms with Gasteiger partial charge >= 0.3 is 5.97 Å². The zero-order valence-electron chi connectivity index (χ0n) is 9.77. The van der Waals surface area contributed by atoms with E-state index in [9.17, 15) is 14.3 Å². The van der Waals surface area contributed by atoms with Crippen molar-refractivity contribution in [3.05, 3.63) is 35.6 Å². The molecule has 1 saturated heterocycles. The molecule has 0 bridgehead atoms. The number of hydrogen-bond donors (Lipinski definition) is 1. The number of hydrogen-bond acceptors (Lipinski definition) is 2. The van der Waals surface area contributed by atoms with Crippen LogP contribution in [0.2, 0.25) is 0 Å². The first-order chi connectivity index (χ1) is 8.09. The minimum absolute atomic E-state index is 0.151. The first kappa shape index (κ1) is 12.0. The highest BCUT2D eigenvalue weighted by molar-refractivity contribution is 5.71. The van der Waals surface area contributed by atoms with Gasteiger partial charge in [0.15, 0.2) is 0 Å². The number of piperidine rings is 1. The zero-order valence-corrected chi connectivity index (χ0v) is 9.77. The number of aliphatic carboxylic acids is 1. The standard InChI is InChI=1S/C13H16FNO2/c1-15-8-2-3-11(13(16)17)12(15)9-4-6-10(14)7-5-9/h4-7,11-12H,2-3,8H2,1H3,(H,16,17). The fraction of sp³-hybridized carbons (Fsp3) is 0.462. The molecule has 92 valence electrons. The Bertz CT molecular complexity index is 404. The Morgan fingerprint density at radius 1 is 1.41 bits per heavy atom. The van der Waals surface area contributed by atoms with E-state index in [1.54, 1.807) is 12.1 Å². The van der Waals surface area contributed by atoms with Crippen LogP contribution in [0.25, 0.3) is 0 Å². The van der Waals surface area contributed by atoms with Gasteiger partial charge in [0, 0.05) is 6.04 Å². The van der Waals surface area contributed by atoms with Crippen LogP contribution in [0.3, 0.4) is 0 Å². The van der Waals surface area contributed by atoms with Crippen molar-refractivity contribution in [2.24, 2.45) is 5.92 Å². The molecule has 1 aromatic carbocycles. The van der Waals surface area contributed by atoms with Crippen LogP contribution in [0.15, 0.2) is 24.3 Å². The number of likely N-dealkylation sites (tertiary alicyclic amines) is 1. The lowest BCUT2D eigenvalue weighted by Crippen LogP contribution is -2.39. The van der Waals surface area contributed by atoms with Crippen LogP contribution >= 0.6 is 0 Å². The molecular weight excluding hydrogens is 221 g/mol. The van der Waals surface area contributed by atoms with Gasteiger partial charge < -0.3 is 5.11 Å². The Morgan fingerprint density at radius 3 is 2.65 bits per heavy atom. The van der Waals surface area contributed by atoms with Gasteiger partial charge in [-0.15, -0.1) is 0 Å². The van der Waals surface area contributed by atoms with Crippen molar-refractivity contribution in [2.75, 3.05) is 13.6 Å². The van der Waals surface area contributed by atoms with E-state index in [2.05, 4.69) is 0 Å². The molecule has 17 heavy (non-hydrogen) atoms. The number of carbonyl (C=O) groups is 1. The van der Waals surface area contributed by atoms with E-state index in [-0.39, 0.29) is 11.9 Å². The Morgan fingerprint density at radius 2 is 2.06 bits per heavy atom. The van der Waals surface area contributed by atoms with Gasteiger partial charge in [-0.3, -0.25) is 9.69 Å². The van der Waals surface area contributed by atoms with Gasteiger partial charge in [0.25, 0.3) is 0 Å². The van der Waals surface area contributed by atoms with Crippen molar-refractivity contribution in [2.45, 2.75) is 18.9 Å². The topological polar surface area (TPSA) is 40.5 Å². The van der Waals surface area contributed by atoms with Crippen LogP contribution in [0.1, 0.15) is 24.4 Å². The molecule has 0 radical (unpaired) electrons. The molecule has 0 aromatic heterocycles. The van der Waals surface area contributed by atoms with E-state index in [1.165, 1.54) is 12.1 Å². The predicted octanol–water partition coefficient (Wildman–Crippen LogP) is 2.29. The second-order valence-corrected chi connectivity index (χ2v) is 4.56. The lowest BCUT2D eigenvalue weighted by molar-refractivity contribution is -0.145. The summed E-state index contributed by atoms with van der Waals surface area (Å²) in [4.78, 5) is 13.3. The van der Waals surface area contributed by atoms with Crippen LogP contribution in [-0.4, -0.2) is 29.6 Å². The molecule has 2 rings (SSSR count). The van der Waals surface area contributed by atoms with E-state index in [0.29, 0.717) is 6.42 Å². The third-order valence-corrected chi connectivity index (χ3v) is 3.41. The molecule has 1 aliphatic heterocycles. The van der Waals surface area contributed by atoms with E-state index < -0.39 is 11.9 Å². The molecule has 2 atom stereocenters. The summed E-state index contributed by atoms with van der Waals surface area (Å²) in [6.07, 6.45) is 1.58. The number of carboxylic acids is 1. The van der Waals surface area contributed by atoms with Crippen molar-refractivity contribution < 1.29 is 14.3 Å². The zero-order chi connectivity index (χ0) is 12.4. The predicted molar refractivity (Wildman–Crippen MR) is 62.1 cm³/mol. The van der Waals surface area contributed by atoms with Gasteiger partial charge in [0.1, 0.15) is 5.82 Å². The van der Waals surface area contributed by atoms with E-state index in [0.717, 1.165) is 18.5 Å². The number of halogens is 1. The first-order valence-corrected chi connectivity index (χ1v) is 5.78. The normalized spacial score (nSPS) is 25.8. The molecule has 4 heteroatoms. The third-order valence-electron chi connectivity index (χ3n) is 3.41. The summed E-state index contributed by atoms with van der Waals surface area (Å²) in [5, 5.41) is 9.24. The second kappa shape index (κ2) is 4.84. The maximum atomic E-state index is 12.9. The van der Waals surface area contributed by atoms with Crippen molar-refractivity contribution in [1.82, 2.24) is 4.90 Å². The quantitative estimate of drug-likeness (QED) is 0.858. The smallest absolute Gasteiger partial charge is 0.308 e. The summed E-state index contributed by atoms with van der Waals surface area (Å²) in [5.41, 5.74) is 0.876. The van der Waals surface area contributed by atoms with Gasteiger partial charge in [-0.05, 0) is 44.1 Å². The maximum Gasteiger partial charge on any atom is 0.308 e. The van der Waals surface area contributed by atoms with Gasteiger partial charge in [-0.25, -0.2) is 4.39 Å². The minimum Gasteiger partial charge on any atom is -0.481 e. The molecule has 1 N–H and O–H groups in total. The first-order valence-electron chi connectivity index (χ1n) is 5.78. The van der Waals surface area contributed by atoms with Crippen molar-refractivity contribution in [3.8, 4) is 0 Å². The SMILES string of the molecule is CN1CCCC(C(=O)O)C1c1ccc(F)cc1. The van der Waals surface area contributed by atoms with Crippen LogP contribution in [0.5, 0.6) is 0 Å². The highest BCUT2D eigenvalue weighted by Gasteiger charge is 2.35. The van der Waals surface area contributed by atoms with Crippen molar-refractivity contribution in [1.29, 1.82) is 0 Å². The number of benzene rings is 1. The Kier molecular flexibility index (Phi) is 3.43. The largest absolute Gasteiger partial charge is 0.481 e. The number of nitrogens with zero attached hydrogens (tertiary/aromatic N) is 1. The van der Waals surface area contributed by atoms with Gasteiger partial charge in [-0.1, -0.05) is 12.1 Å². The summed E-state index contributed by atoms with van der Waals surface area (Å²) in [5.74, 6) is -1.47. The average molecular weight is 237 g/mol. The fourth-order valence-electron chi connectivity index (χ4n) is 2.57. The maximum absolute atomic E-state index is 12.9. The van der Waals surface area contributed by atoms with Gasteiger partial charge in [-0.2, -0.15) is 0 Å². The Balaban J connectivity index is 2.31. The van der Waals surface area contributed by atoms with Crippen molar-refractivity contribution in [3.63, 3.8) is 0 Å². The highest BCUT2D eigenvalue weighted by atomic mass is 19.1. The highest BCUT2D eigenvalue weighted by Crippen LogP contribution is 2.35. The molecule has 0 aliphatic carbocycles. The molecule has 1 aromatic rings. The molecule has 3 nitrogen and oxygen atoms in total. The lowest BCUT2D eigenvalue weighted by Gasteiger charge is -2.37. The van der Waals surface area contributed by atoms with Crippen LogP contribution < -0.4 is 0 Å².